The van der Waals surface area contributed by atoms with Gasteiger partial charge in [0.25, 0.3) is 0 Å². The molecule has 1 rings (SSSR count). The molecule has 0 spiro atoms. The molecule has 3 heteroatoms. The normalized spacial score (nSPS) is 33.2. The number of rotatable bonds is 3. The Labute approximate surface area is 88.2 Å². The summed E-state index contributed by atoms with van der Waals surface area (Å²) in [7, 11) is 2.22. The van der Waals surface area contributed by atoms with E-state index in [1.54, 1.807) is 0 Å². The largest absolute Gasteiger partial charge is 0.330 e. The molecule has 3 nitrogen and oxygen atoms in total. The van der Waals surface area contributed by atoms with Gasteiger partial charge in [0.1, 0.15) is 0 Å². The van der Waals surface area contributed by atoms with E-state index < -0.39 is 0 Å². The van der Waals surface area contributed by atoms with Gasteiger partial charge >= 0.3 is 0 Å². The smallest absolute Gasteiger partial charge is 0.0195 e. The highest BCUT2D eigenvalue weighted by Gasteiger charge is 2.28. The van der Waals surface area contributed by atoms with Crippen LogP contribution in [0.5, 0.6) is 0 Å². The fraction of sp³-hybridized carbons (Fsp3) is 1.00. The van der Waals surface area contributed by atoms with Gasteiger partial charge in [-0.15, -0.1) is 0 Å². The summed E-state index contributed by atoms with van der Waals surface area (Å²) in [5, 5.41) is 0. The van der Waals surface area contributed by atoms with Crippen LogP contribution in [0.1, 0.15) is 27.2 Å². The summed E-state index contributed by atoms with van der Waals surface area (Å²) in [5.74, 6) is 0. The van der Waals surface area contributed by atoms with E-state index in [0.29, 0.717) is 18.1 Å². The Kier molecular flexibility index (Phi) is 4.35. The highest BCUT2D eigenvalue weighted by atomic mass is 15.3. The molecule has 14 heavy (non-hydrogen) atoms. The highest BCUT2D eigenvalue weighted by Crippen LogP contribution is 2.16. The predicted octanol–water partition coefficient (Wildman–Crippen LogP) is 0.748. The van der Waals surface area contributed by atoms with E-state index in [4.69, 9.17) is 5.73 Å². The zero-order valence-electron chi connectivity index (χ0n) is 10.0. The Balaban J connectivity index is 2.48. The van der Waals surface area contributed by atoms with Crippen LogP contribution in [0.2, 0.25) is 0 Å². The monoisotopic (exact) mass is 199 g/mol. The van der Waals surface area contributed by atoms with Crippen LogP contribution >= 0.6 is 0 Å². The standard InChI is InChI=1S/C11H25N3/c1-9(5-6-12)14-7-10(2)13(4)11(3)8-14/h9-11H,5-8,12H2,1-4H3. The zero-order valence-corrected chi connectivity index (χ0v) is 10.0. The Hall–Kier alpha value is -0.120. The second kappa shape index (κ2) is 5.10. The molecule has 1 aliphatic rings. The molecule has 0 radical (unpaired) electrons. The average Bonchev–Trinajstić information content (AvgIpc) is 2.13. The van der Waals surface area contributed by atoms with Gasteiger partial charge in [-0.3, -0.25) is 9.80 Å². The first-order valence-electron chi connectivity index (χ1n) is 5.72. The van der Waals surface area contributed by atoms with Gasteiger partial charge in [0.05, 0.1) is 0 Å². The molecule has 0 amide bonds. The number of hydrogen-bond donors (Lipinski definition) is 1. The second-order valence-electron chi connectivity index (χ2n) is 4.74. The van der Waals surface area contributed by atoms with Crippen molar-refractivity contribution in [3.63, 3.8) is 0 Å². The Morgan fingerprint density at radius 3 is 2.21 bits per heavy atom. The van der Waals surface area contributed by atoms with E-state index in [0.717, 1.165) is 13.0 Å². The molecule has 1 heterocycles. The van der Waals surface area contributed by atoms with E-state index >= 15 is 0 Å². The van der Waals surface area contributed by atoms with E-state index in [9.17, 15) is 0 Å². The quantitative estimate of drug-likeness (QED) is 0.728. The van der Waals surface area contributed by atoms with E-state index in [1.807, 2.05) is 0 Å². The maximum absolute atomic E-state index is 5.60. The van der Waals surface area contributed by atoms with E-state index in [2.05, 4.69) is 37.6 Å². The van der Waals surface area contributed by atoms with Crippen molar-refractivity contribution in [2.24, 2.45) is 5.73 Å². The molecular formula is C11H25N3. The first-order valence-corrected chi connectivity index (χ1v) is 5.72. The van der Waals surface area contributed by atoms with Gasteiger partial charge in [0, 0.05) is 31.2 Å². The molecule has 0 aromatic rings. The first-order chi connectivity index (χ1) is 6.56. The van der Waals surface area contributed by atoms with Crippen molar-refractivity contribution in [1.82, 2.24) is 9.80 Å². The minimum absolute atomic E-state index is 0.638. The molecule has 0 saturated carbocycles. The molecule has 3 atom stereocenters. The van der Waals surface area contributed by atoms with Crippen molar-refractivity contribution in [1.29, 1.82) is 0 Å². The third-order valence-corrected chi connectivity index (χ3v) is 3.60. The number of likely N-dealkylation sites (N-methyl/N-ethyl adjacent to an activating group) is 1. The van der Waals surface area contributed by atoms with Gasteiger partial charge in [-0.1, -0.05) is 0 Å². The molecule has 2 N–H and O–H groups in total. The van der Waals surface area contributed by atoms with E-state index in [1.165, 1.54) is 13.1 Å². The third kappa shape index (κ3) is 2.69. The number of hydrogen-bond acceptors (Lipinski definition) is 3. The van der Waals surface area contributed by atoms with Crippen molar-refractivity contribution in [3.05, 3.63) is 0 Å². The van der Waals surface area contributed by atoms with Crippen molar-refractivity contribution in [2.75, 3.05) is 26.7 Å². The highest BCUT2D eigenvalue weighted by molar-refractivity contribution is 4.85. The molecule has 3 unspecified atom stereocenters. The minimum atomic E-state index is 0.638. The number of nitrogens with zero attached hydrogens (tertiary/aromatic N) is 2. The summed E-state index contributed by atoms with van der Waals surface area (Å²) in [6, 6.07) is 1.97. The fourth-order valence-corrected chi connectivity index (χ4v) is 2.23. The summed E-state index contributed by atoms with van der Waals surface area (Å²) in [6.45, 7) is 10.1. The molecule has 0 aliphatic carbocycles. The average molecular weight is 199 g/mol. The molecule has 1 aliphatic heterocycles. The number of nitrogens with two attached hydrogens (primary N) is 1. The van der Waals surface area contributed by atoms with Gasteiger partial charge in [0.2, 0.25) is 0 Å². The Morgan fingerprint density at radius 2 is 1.79 bits per heavy atom. The van der Waals surface area contributed by atoms with Crippen molar-refractivity contribution in [2.45, 2.75) is 45.3 Å². The lowest BCUT2D eigenvalue weighted by molar-refractivity contribution is 0.0366. The van der Waals surface area contributed by atoms with Crippen LogP contribution < -0.4 is 5.73 Å². The molecule has 0 bridgehead atoms. The van der Waals surface area contributed by atoms with E-state index in [-0.39, 0.29) is 0 Å². The van der Waals surface area contributed by atoms with Gasteiger partial charge in [-0.05, 0) is 40.8 Å². The molecule has 84 valence electrons. The topological polar surface area (TPSA) is 32.5 Å². The molecule has 0 aromatic carbocycles. The van der Waals surface area contributed by atoms with Crippen LogP contribution in [-0.4, -0.2) is 54.6 Å². The zero-order chi connectivity index (χ0) is 10.7. The van der Waals surface area contributed by atoms with Crippen LogP contribution in [0.3, 0.4) is 0 Å². The fourth-order valence-electron chi connectivity index (χ4n) is 2.23. The van der Waals surface area contributed by atoms with Gasteiger partial charge in [0.15, 0.2) is 0 Å². The lowest BCUT2D eigenvalue weighted by atomic mass is 10.1. The predicted molar refractivity (Wildman–Crippen MR) is 61.4 cm³/mol. The molecular weight excluding hydrogens is 174 g/mol. The summed E-state index contributed by atoms with van der Waals surface area (Å²) in [5.41, 5.74) is 5.60. The molecule has 1 fully saturated rings. The first kappa shape index (κ1) is 12.0. The van der Waals surface area contributed by atoms with Crippen molar-refractivity contribution >= 4 is 0 Å². The Morgan fingerprint density at radius 1 is 1.29 bits per heavy atom. The van der Waals surface area contributed by atoms with Crippen LogP contribution in [0.4, 0.5) is 0 Å². The number of piperazine rings is 1. The summed E-state index contributed by atoms with van der Waals surface area (Å²) in [4.78, 5) is 5.04. The molecule has 1 saturated heterocycles. The maximum atomic E-state index is 5.60. The summed E-state index contributed by atoms with van der Waals surface area (Å²) < 4.78 is 0. The second-order valence-corrected chi connectivity index (χ2v) is 4.74. The minimum Gasteiger partial charge on any atom is -0.330 e. The third-order valence-electron chi connectivity index (χ3n) is 3.60. The molecule has 0 aromatic heterocycles. The Bertz CT molecular complexity index is 160. The van der Waals surface area contributed by atoms with Gasteiger partial charge in [-0.25, -0.2) is 0 Å². The summed E-state index contributed by atoms with van der Waals surface area (Å²) in [6.07, 6.45) is 1.11. The van der Waals surface area contributed by atoms with Crippen LogP contribution in [0, 0.1) is 0 Å². The van der Waals surface area contributed by atoms with Crippen LogP contribution in [0.15, 0.2) is 0 Å². The van der Waals surface area contributed by atoms with Crippen LogP contribution in [-0.2, 0) is 0 Å². The van der Waals surface area contributed by atoms with Crippen molar-refractivity contribution < 1.29 is 0 Å². The van der Waals surface area contributed by atoms with Gasteiger partial charge in [-0.2, -0.15) is 0 Å². The van der Waals surface area contributed by atoms with Gasteiger partial charge < -0.3 is 5.73 Å². The maximum Gasteiger partial charge on any atom is 0.0195 e. The van der Waals surface area contributed by atoms with Crippen LogP contribution in [0.25, 0.3) is 0 Å². The van der Waals surface area contributed by atoms with Crippen molar-refractivity contribution in [3.8, 4) is 0 Å². The lowest BCUT2D eigenvalue weighted by Crippen LogP contribution is -2.57. The summed E-state index contributed by atoms with van der Waals surface area (Å²) >= 11 is 0. The lowest BCUT2D eigenvalue weighted by Gasteiger charge is -2.44. The SMILES string of the molecule is CC(CCN)N1CC(C)N(C)C(C)C1.